The first kappa shape index (κ1) is 14.3. The molecular formula is C14H19BrN2O2. The van der Waals surface area contributed by atoms with Gasteiger partial charge in [-0.3, -0.25) is 0 Å². The van der Waals surface area contributed by atoms with Crippen molar-refractivity contribution in [1.82, 2.24) is 4.90 Å². The Morgan fingerprint density at radius 2 is 2.16 bits per heavy atom. The maximum absolute atomic E-state index is 11.5. The van der Waals surface area contributed by atoms with Gasteiger partial charge in [0.1, 0.15) is 0 Å². The molecule has 0 amide bonds. The van der Waals surface area contributed by atoms with Gasteiger partial charge in [0, 0.05) is 23.6 Å². The summed E-state index contributed by atoms with van der Waals surface area (Å²) in [5, 5.41) is 9.42. The van der Waals surface area contributed by atoms with Crippen LogP contribution < -0.4 is 4.90 Å². The molecular weight excluding hydrogens is 308 g/mol. The molecule has 2 rings (SSSR count). The van der Waals surface area contributed by atoms with Gasteiger partial charge in [-0.05, 0) is 55.0 Å². The molecule has 1 atom stereocenters. The number of carboxylic acids is 1. The second-order valence-corrected chi connectivity index (χ2v) is 5.95. The molecule has 0 saturated carbocycles. The molecule has 1 aromatic rings. The Hall–Kier alpha value is -1.07. The number of rotatable bonds is 2. The molecule has 0 aliphatic carbocycles. The van der Waals surface area contributed by atoms with Crippen molar-refractivity contribution in [3.05, 3.63) is 28.2 Å². The van der Waals surface area contributed by atoms with Gasteiger partial charge in [-0.15, -0.1) is 0 Å². The Morgan fingerprint density at radius 1 is 1.42 bits per heavy atom. The molecule has 1 aliphatic heterocycles. The number of carboxylic acid groups (broad SMARTS) is 1. The average molecular weight is 327 g/mol. The number of anilines is 1. The van der Waals surface area contributed by atoms with Gasteiger partial charge < -0.3 is 14.9 Å². The van der Waals surface area contributed by atoms with E-state index in [2.05, 4.69) is 39.7 Å². The predicted molar refractivity (Wildman–Crippen MR) is 80.0 cm³/mol. The fraction of sp³-hybridized carbons (Fsp3) is 0.500. The summed E-state index contributed by atoms with van der Waals surface area (Å²) >= 11 is 3.35. The van der Waals surface area contributed by atoms with E-state index in [4.69, 9.17) is 0 Å². The second-order valence-electron chi connectivity index (χ2n) is 5.10. The predicted octanol–water partition coefficient (Wildman–Crippen LogP) is 2.68. The largest absolute Gasteiger partial charge is 0.478 e. The molecule has 0 bridgehead atoms. The summed E-state index contributed by atoms with van der Waals surface area (Å²) in [6.45, 7) is 5.04. The average Bonchev–Trinajstić information content (AvgIpc) is 2.49. The van der Waals surface area contributed by atoms with E-state index in [1.54, 1.807) is 6.07 Å². The molecule has 104 valence electrons. The highest BCUT2D eigenvalue weighted by Gasteiger charge is 2.24. The van der Waals surface area contributed by atoms with E-state index >= 15 is 0 Å². The Balaban J connectivity index is 2.40. The van der Waals surface area contributed by atoms with Crippen LogP contribution in [0.1, 0.15) is 23.7 Å². The van der Waals surface area contributed by atoms with Crippen LogP contribution >= 0.6 is 15.9 Å². The lowest BCUT2D eigenvalue weighted by atomic mass is 10.1. The number of halogens is 1. The first-order valence-electron chi connectivity index (χ1n) is 6.47. The monoisotopic (exact) mass is 326 g/mol. The van der Waals surface area contributed by atoms with E-state index in [9.17, 15) is 9.90 Å². The van der Waals surface area contributed by atoms with Crippen LogP contribution in [-0.4, -0.2) is 48.7 Å². The van der Waals surface area contributed by atoms with Gasteiger partial charge in [-0.25, -0.2) is 4.79 Å². The van der Waals surface area contributed by atoms with Crippen LogP contribution in [0.15, 0.2) is 22.7 Å². The Kier molecular flexibility index (Phi) is 4.47. The van der Waals surface area contributed by atoms with Crippen LogP contribution in [0.5, 0.6) is 0 Å². The number of carbonyl (C=O) groups is 1. The third-order valence-corrected chi connectivity index (χ3v) is 4.22. The number of nitrogens with zero attached hydrogens (tertiary/aromatic N) is 2. The van der Waals surface area contributed by atoms with Crippen LogP contribution in [0.25, 0.3) is 0 Å². The lowest BCUT2D eigenvalue weighted by molar-refractivity contribution is 0.0696. The molecule has 1 heterocycles. The molecule has 0 radical (unpaired) electrons. The van der Waals surface area contributed by atoms with Crippen molar-refractivity contribution in [2.24, 2.45) is 0 Å². The molecule has 5 heteroatoms. The minimum atomic E-state index is -0.882. The SMILES string of the molecule is CC1CN(C)CCCN1c1cccc(Br)c1C(=O)O. The summed E-state index contributed by atoms with van der Waals surface area (Å²) in [5.41, 5.74) is 1.17. The maximum Gasteiger partial charge on any atom is 0.338 e. The molecule has 1 aromatic carbocycles. The smallest absolute Gasteiger partial charge is 0.338 e. The van der Waals surface area contributed by atoms with Gasteiger partial charge in [0.25, 0.3) is 0 Å². The Labute approximate surface area is 122 Å². The van der Waals surface area contributed by atoms with Gasteiger partial charge in [0.15, 0.2) is 0 Å². The van der Waals surface area contributed by atoms with E-state index in [1.165, 1.54) is 0 Å². The lowest BCUT2D eigenvalue weighted by Crippen LogP contribution is -2.38. The molecule has 0 spiro atoms. The molecule has 4 nitrogen and oxygen atoms in total. The molecule has 1 N–H and O–H groups in total. The number of benzene rings is 1. The number of aromatic carboxylic acids is 1. The highest BCUT2D eigenvalue weighted by molar-refractivity contribution is 9.10. The summed E-state index contributed by atoms with van der Waals surface area (Å²) in [4.78, 5) is 16.0. The van der Waals surface area contributed by atoms with Crippen molar-refractivity contribution >= 4 is 27.6 Å². The van der Waals surface area contributed by atoms with Crippen LogP contribution in [0.2, 0.25) is 0 Å². The van der Waals surface area contributed by atoms with Crippen LogP contribution in [0.4, 0.5) is 5.69 Å². The number of hydrogen-bond acceptors (Lipinski definition) is 3. The topological polar surface area (TPSA) is 43.8 Å². The normalized spacial score (nSPS) is 21.2. The van der Waals surface area contributed by atoms with Gasteiger partial charge in [0.2, 0.25) is 0 Å². The fourth-order valence-corrected chi connectivity index (χ4v) is 3.22. The van der Waals surface area contributed by atoms with Crippen LogP contribution in [-0.2, 0) is 0 Å². The maximum atomic E-state index is 11.5. The summed E-state index contributed by atoms with van der Waals surface area (Å²) in [5.74, 6) is -0.882. The number of likely N-dealkylation sites (N-methyl/N-ethyl adjacent to an activating group) is 1. The highest BCUT2D eigenvalue weighted by Crippen LogP contribution is 2.30. The zero-order valence-corrected chi connectivity index (χ0v) is 12.9. The van der Waals surface area contributed by atoms with Gasteiger partial charge in [-0.1, -0.05) is 6.07 Å². The van der Waals surface area contributed by atoms with Crippen molar-refractivity contribution in [1.29, 1.82) is 0 Å². The van der Waals surface area contributed by atoms with E-state index in [-0.39, 0.29) is 0 Å². The fourth-order valence-electron chi connectivity index (χ4n) is 2.69. The van der Waals surface area contributed by atoms with Crippen LogP contribution in [0.3, 0.4) is 0 Å². The summed E-state index contributed by atoms with van der Waals surface area (Å²) in [6, 6.07) is 5.88. The second kappa shape index (κ2) is 5.92. The molecule has 1 aliphatic rings. The first-order valence-corrected chi connectivity index (χ1v) is 7.27. The van der Waals surface area contributed by atoms with E-state index in [0.29, 0.717) is 16.1 Å². The van der Waals surface area contributed by atoms with Crippen molar-refractivity contribution in [2.45, 2.75) is 19.4 Å². The Bertz CT molecular complexity index is 479. The van der Waals surface area contributed by atoms with E-state index in [1.807, 2.05) is 12.1 Å². The minimum Gasteiger partial charge on any atom is -0.478 e. The third kappa shape index (κ3) is 3.09. The van der Waals surface area contributed by atoms with Gasteiger partial charge in [-0.2, -0.15) is 0 Å². The first-order chi connectivity index (χ1) is 9.00. The third-order valence-electron chi connectivity index (χ3n) is 3.56. The van der Waals surface area contributed by atoms with Crippen molar-refractivity contribution in [3.8, 4) is 0 Å². The summed E-state index contributed by atoms with van der Waals surface area (Å²) in [6.07, 6.45) is 1.05. The van der Waals surface area contributed by atoms with E-state index in [0.717, 1.165) is 31.7 Å². The van der Waals surface area contributed by atoms with Crippen molar-refractivity contribution in [2.75, 3.05) is 31.6 Å². The molecule has 1 unspecified atom stereocenters. The standard InChI is InChI=1S/C14H19BrN2O2/c1-10-9-16(2)7-4-8-17(10)12-6-3-5-11(15)13(12)14(18)19/h3,5-6,10H,4,7-9H2,1-2H3,(H,18,19). The van der Waals surface area contributed by atoms with E-state index < -0.39 is 5.97 Å². The van der Waals surface area contributed by atoms with Gasteiger partial charge in [0.05, 0.1) is 11.3 Å². The van der Waals surface area contributed by atoms with Crippen LogP contribution in [0, 0.1) is 0 Å². The zero-order valence-electron chi connectivity index (χ0n) is 11.3. The minimum absolute atomic E-state index is 0.305. The zero-order chi connectivity index (χ0) is 14.0. The molecule has 19 heavy (non-hydrogen) atoms. The highest BCUT2D eigenvalue weighted by atomic mass is 79.9. The van der Waals surface area contributed by atoms with Crippen molar-refractivity contribution < 1.29 is 9.90 Å². The summed E-state index contributed by atoms with van der Waals surface area (Å²) in [7, 11) is 2.11. The van der Waals surface area contributed by atoms with Gasteiger partial charge >= 0.3 is 5.97 Å². The Morgan fingerprint density at radius 3 is 2.84 bits per heavy atom. The quantitative estimate of drug-likeness (QED) is 0.907. The molecule has 0 aromatic heterocycles. The number of hydrogen-bond donors (Lipinski definition) is 1. The molecule has 1 fully saturated rings. The summed E-state index contributed by atoms with van der Waals surface area (Å²) < 4.78 is 0.641. The molecule has 1 saturated heterocycles. The lowest BCUT2D eigenvalue weighted by Gasteiger charge is -2.31. The van der Waals surface area contributed by atoms with Crippen molar-refractivity contribution in [3.63, 3.8) is 0 Å².